The SMILES string of the molecule is O=C(NCc1cc2ccccc2[nH]c1=O)C(Cc1ccncc1)c1ccccc1. The fourth-order valence-corrected chi connectivity index (χ4v) is 3.43. The minimum atomic E-state index is -0.349. The van der Waals surface area contributed by atoms with Gasteiger partial charge in [-0.2, -0.15) is 0 Å². The van der Waals surface area contributed by atoms with Crippen LogP contribution in [0.25, 0.3) is 10.9 Å². The minimum Gasteiger partial charge on any atom is -0.351 e. The highest BCUT2D eigenvalue weighted by Gasteiger charge is 2.21. The predicted octanol–water partition coefficient (Wildman–Crippen LogP) is 3.57. The molecule has 0 saturated heterocycles. The van der Waals surface area contributed by atoms with Crippen LogP contribution < -0.4 is 10.9 Å². The maximum Gasteiger partial charge on any atom is 0.253 e. The predicted molar refractivity (Wildman–Crippen MR) is 114 cm³/mol. The van der Waals surface area contributed by atoms with Crippen molar-refractivity contribution in [3.8, 4) is 0 Å². The van der Waals surface area contributed by atoms with Gasteiger partial charge >= 0.3 is 0 Å². The van der Waals surface area contributed by atoms with E-state index in [9.17, 15) is 9.59 Å². The smallest absolute Gasteiger partial charge is 0.253 e. The third-order valence-corrected chi connectivity index (χ3v) is 4.99. The van der Waals surface area contributed by atoms with Gasteiger partial charge in [-0.3, -0.25) is 14.6 Å². The monoisotopic (exact) mass is 383 g/mol. The average molecular weight is 383 g/mol. The summed E-state index contributed by atoms with van der Waals surface area (Å²) in [6.45, 7) is 0.179. The van der Waals surface area contributed by atoms with E-state index >= 15 is 0 Å². The van der Waals surface area contributed by atoms with Crippen LogP contribution in [0.2, 0.25) is 0 Å². The lowest BCUT2D eigenvalue weighted by molar-refractivity contribution is -0.122. The summed E-state index contributed by atoms with van der Waals surface area (Å²) in [6, 6.07) is 22.9. The van der Waals surface area contributed by atoms with Crippen molar-refractivity contribution in [2.75, 3.05) is 0 Å². The highest BCUT2D eigenvalue weighted by Crippen LogP contribution is 2.21. The van der Waals surface area contributed by atoms with Crippen LogP contribution in [0.3, 0.4) is 0 Å². The molecule has 0 saturated carbocycles. The van der Waals surface area contributed by atoms with Crippen molar-refractivity contribution < 1.29 is 4.79 Å². The standard InChI is InChI=1S/C24H21N3O2/c28-23-20(15-19-8-4-5-9-22(19)27-23)16-26-24(29)21(18-6-2-1-3-7-18)14-17-10-12-25-13-11-17/h1-13,15,21H,14,16H2,(H,26,29)(H,27,28). The van der Waals surface area contributed by atoms with Gasteiger partial charge in [0.05, 0.1) is 5.92 Å². The van der Waals surface area contributed by atoms with Gasteiger partial charge in [-0.25, -0.2) is 0 Å². The summed E-state index contributed by atoms with van der Waals surface area (Å²) >= 11 is 0. The van der Waals surface area contributed by atoms with E-state index in [0.29, 0.717) is 12.0 Å². The Morgan fingerprint density at radius 3 is 2.48 bits per heavy atom. The van der Waals surface area contributed by atoms with Gasteiger partial charge in [0.15, 0.2) is 0 Å². The second kappa shape index (κ2) is 8.52. The number of amides is 1. The van der Waals surface area contributed by atoms with Crippen molar-refractivity contribution in [2.24, 2.45) is 0 Å². The van der Waals surface area contributed by atoms with Crippen LogP contribution in [0.4, 0.5) is 0 Å². The molecule has 0 bridgehead atoms. The van der Waals surface area contributed by atoms with E-state index in [2.05, 4.69) is 15.3 Å². The van der Waals surface area contributed by atoms with Crippen LogP contribution in [0, 0.1) is 0 Å². The highest BCUT2D eigenvalue weighted by molar-refractivity contribution is 5.84. The molecular weight excluding hydrogens is 362 g/mol. The van der Waals surface area contributed by atoms with Crippen LogP contribution >= 0.6 is 0 Å². The summed E-state index contributed by atoms with van der Waals surface area (Å²) in [5.41, 5.74) is 3.11. The fraction of sp³-hybridized carbons (Fsp3) is 0.125. The Morgan fingerprint density at radius 1 is 0.966 bits per heavy atom. The molecule has 5 nitrogen and oxygen atoms in total. The molecule has 1 amide bonds. The molecule has 2 heterocycles. The van der Waals surface area contributed by atoms with Gasteiger partial charge in [-0.15, -0.1) is 0 Å². The lowest BCUT2D eigenvalue weighted by atomic mass is 9.91. The van der Waals surface area contributed by atoms with E-state index < -0.39 is 0 Å². The molecule has 4 rings (SSSR count). The summed E-state index contributed by atoms with van der Waals surface area (Å²) in [5, 5.41) is 3.89. The van der Waals surface area contributed by atoms with E-state index in [-0.39, 0.29) is 23.9 Å². The van der Waals surface area contributed by atoms with Crippen LogP contribution in [0.5, 0.6) is 0 Å². The third-order valence-electron chi connectivity index (χ3n) is 4.99. The number of pyridine rings is 2. The lowest BCUT2D eigenvalue weighted by Crippen LogP contribution is -2.32. The van der Waals surface area contributed by atoms with E-state index in [1.807, 2.05) is 72.8 Å². The van der Waals surface area contributed by atoms with Gasteiger partial charge < -0.3 is 10.3 Å². The van der Waals surface area contributed by atoms with Gasteiger partial charge in [0.2, 0.25) is 5.91 Å². The van der Waals surface area contributed by atoms with Gasteiger partial charge in [0.25, 0.3) is 5.56 Å². The van der Waals surface area contributed by atoms with Crippen LogP contribution in [-0.2, 0) is 17.8 Å². The quantitative estimate of drug-likeness (QED) is 0.535. The van der Waals surface area contributed by atoms with E-state index in [4.69, 9.17) is 0 Å². The molecule has 0 spiro atoms. The van der Waals surface area contributed by atoms with Gasteiger partial charge in [-0.05, 0) is 47.2 Å². The first kappa shape index (κ1) is 18.6. The number of rotatable bonds is 6. The Labute approximate surface area is 168 Å². The molecular formula is C24H21N3O2. The zero-order chi connectivity index (χ0) is 20.1. The second-order valence-electron chi connectivity index (χ2n) is 6.95. The Bertz CT molecular complexity index is 1170. The van der Waals surface area contributed by atoms with Crippen molar-refractivity contribution in [3.63, 3.8) is 0 Å². The molecule has 1 unspecified atom stereocenters. The van der Waals surface area contributed by atoms with Crippen molar-refractivity contribution in [1.29, 1.82) is 0 Å². The lowest BCUT2D eigenvalue weighted by Gasteiger charge is -2.17. The summed E-state index contributed by atoms with van der Waals surface area (Å²) in [5.74, 6) is -0.460. The first-order valence-corrected chi connectivity index (χ1v) is 9.53. The number of aromatic amines is 1. The molecule has 1 atom stereocenters. The summed E-state index contributed by atoms with van der Waals surface area (Å²) in [6.07, 6.45) is 4.01. The number of hydrogen-bond donors (Lipinski definition) is 2. The van der Waals surface area contributed by atoms with Crippen LogP contribution in [-0.4, -0.2) is 15.9 Å². The number of fused-ring (bicyclic) bond motifs is 1. The molecule has 4 aromatic rings. The maximum atomic E-state index is 13.1. The first-order valence-electron chi connectivity index (χ1n) is 9.53. The average Bonchev–Trinajstić information content (AvgIpc) is 2.77. The molecule has 2 aromatic carbocycles. The van der Waals surface area contributed by atoms with Crippen LogP contribution in [0.1, 0.15) is 22.6 Å². The Kier molecular flexibility index (Phi) is 5.47. The molecule has 0 radical (unpaired) electrons. The zero-order valence-corrected chi connectivity index (χ0v) is 15.8. The largest absolute Gasteiger partial charge is 0.351 e. The number of hydrogen-bond acceptors (Lipinski definition) is 3. The van der Waals surface area contributed by atoms with E-state index in [1.165, 1.54) is 0 Å². The molecule has 0 aliphatic carbocycles. The normalized spacial score (nSPS) is 11.9. The number of carbonyl (C=O) groups is 1. The second-order valence-corrected chi connectivity index (χ2v) is 6.95. The van der Waals surface area contributed by atoms with Gasteiger partial charge in [0, 0.05) is 30.0 Å². The summed E-state index contributed by atoms with van der Waals surface area (Å²) in [7, 11) is 0. The molecule has 29 heavy (non-hydrogen) atoms. The highest BCUT2D eigenvalue weighted by atomic mass is 16.2. The van der Waals surface area contributed by atoms with Gasteiger partial charge in [-0.1, -0.05) is 48.5 Å². The molecule has 0 aliphatic heterocycles. The maximum absolute atomic E-state index is 13.1. The van der Waals surface area contributed by atoms with Crippen LogP contribution in [0.15, 0.2) is 90.0 Å². The third kappa shape index (κ3) is 4.41. The Morgan fingerprint density at radius 2 is 1.69 bits per heavy atom. The molecule has 2 aromatic heterocycles. The number of nitrogens with zero attached hydrogens (tertiary/aromatic N) is 1. The number of H-pyrrole nitrogens is 1. The molecule has 5 heteroatoms. The van der Waals surface area contributed by atoms with Crippen molar-refractivity contribution in [2.45, 2.75) is 18.9 Å². The van der Waals surface area contributed by atoms with Crippen molar-refractivity contribution >= 4 is 16.8 Å². The number of aromatic nitrogens is 2. The van der Waals surface area contributed by atoms with Crippen molar-refractivity contribution in [3.05, 3.63) is 112 Å². The fourth-order valence-electron chi connectivity index (χ4n) is 3.43. The van der Waals surface area contributed by atoms with E-state index in [0.717, 1.165) is 22.0 Å². The van der Waals surface area contributed by atoms with Crippen molar-refractivity contribution in [1.82, 2.24) is 15.3 Å². The zero-order valence-electron chi connectivity index (χ0n) is 15.8. The first-order chi connectivity index (χ1) is 14.2. The number of para-hydroxylation sites is 1. The molecule has 144 valence electrons. The summed E-state index contributed by atoms with van der Waals surface area (Å²) < 4.78 is 0. The topological polar surface area (TPSA) is 74.8 Å². The summed E-state index contributed by atoms with van der Waals surface area (Å²) in [4.78, 5) is 32.3. The minimum absolute atomic E-state index is 0.111. The van der Waals surface area contributed by atoms with Gasteiger partial charge in [0.1, 0.15) is 0 Å². The molecule has 0 aliphatic rings. The number of carbonyl (C=O) groups excluding carboxylic acids is 1. The number of benzene rings is 2. The molecule has 0 fully saturated rings. The Balaban J connectivity index is 1.55. The Hall–Kier alpha value is -3.73. The van der Waals surface area contributed by atoms with E-state index in [1.54, 1.807) is 12.4 Å². The number of nitrogens with one attached hydrogen (secondary N) is 2. The molecule has 2 N–H and O–H groups in total.